The summed E-state index contributed by atoms with van der Waals surface area (Å²) in [6, 6.07) is 8.09. The fourth-order valence-electron chi connectivity index (χ4n) is 2.93. The Kier molecular flexibility index (Phi) is 4.46. The third-order valence-electron chi connectivity index (χ3n) is 4.28. The molecule has 2 aromatic rings. The van der Waals surface area contributed by atoms with E-state index in [1.165, 1.54) is 0 Å². The van der Waals surface area contributed by atoms with Crippen LogP contribution in [0.1, 0.15) is 17.0 Å². The summed E-state index contributed by atoms with van der Waals surface area (Å²) in [6.45, 7) is 5.84. The number of aryl methyl sites for hydroxylation is 2. The molecular weight excluding hydrogens is 304 g/mol. The molecule has 0 radical (unpaired) electrons. The highest BCUT2D eigenvalue weighted by Crippen LogP contribution is 2.27. The van der Waals surface area contributed by atoms with Gasteiger partial charge < -0.3 is 14.5 Å². The first-order valence-corrected chi connectivity index (χ1v) is 8.16. The molecule has 128 valence electrons. The van der Waals surface area contributed by atoms with E-state index in [0.29, 0.717) is 19.7 Å². The van der Waals surface area contributed by atoms with Crippen molar-refractivity contribution in [3.05, 3.63) is 41.2 Å². The lowest BCUT2D eigenvalue weighted by molar-refractivity contribution is -0.132. The number of benzene rings is 1. The Morgan fingerprint density at radius 2 is 2.08 bits per heavy atom. The Labute approximate surface area is 142 Å². The maximum atomic E-state index is 12.7. The van der Waals surface area contributed by atoms with Gasteiger partial charge in [-0.25, -0.2) is 0 Å². The van der Waals surface area contributed by atoms with Crippen LogP contribution in [0.2, 0.25) is 0 Å². The van der Waals surface area contributed by atoms with Crippen molar-refractivity contribution in [2.45, 2.75) is 26.9 Å². The Hall–Kier alpha value is -2.50. The summed E-state index contributed by atoms with van der Waals surface area (Å²) in [5.74, 6) is 0.926. The molecular formula is C18H24N4O2. The first-order chi connectivity index (χ1) is 11.4. The third-order valence-corrected chi connectivity index (χ3v) is 4.28. The molecule has 1 aliphatic heterocycles. The molecule has 0 bridgehead atoms. The van der Waals surface area contributed by atoms with Crippen LogP contribution in [0.3, 0.4) is 0 Å². The molecule has 0 spiro atoms. The van der Waals surface area contributed by atoms with Crippen LogP contribution >= 0.6 is 0 Å². The fourth-order valence-corrected chi connectivity index (χ4v) is 2.93. The largest absolute Gasteiger partial charge is 0.491 e. The SMILES string of the molecule is Cc1cc(C)n(CC(=O)N2CCOc3ccc(N(C)C)cc3C2)n1. The Morgan fingerprint density at radius 3 is 2.75 bits per heavy atom. The lowest BCUT2D eigenvalue weighted by atomic mass is 10.1. The second-order valence-electron chi connectivity index (χ2n) is 6.43. The van der Waals surface area contributed by atoms with Gasteiger partial charge in [0.1, 0.15) is 18.9 Å². The van der Waals surface area contributed by atoms with Gasteiger partial charge in [-0.05, 0) is 38.1 Å². The molecule has 0 N–H and O–H groups in total. The Bertz CT molecular complexity index is 751. The number of aromatic nitrogens is 2. The van der Waals surface area contributed by atoms with Crippen LogP contribution in [0.15, 0.2) is 24.3 Å². The van der Waals surface area contributed by atoms with E-state index in [1.807, 2.05) is 55.9 Å². The zero-order chi connectivity index (χ0) is 17.3. The fraction of sp³-hybridized carbons (Fsp3) is 0.444. The number of carbonyl (C=O) groups is 1. The van der Waals surface area contributed by atoms with Crippen LogP contribution in [-0.2, 0) is 17.9 Å². The van der Waals surface area contributed by atoms with Crippen molar-refractivity contribution >= 4 is 11.6 Å². The molecule has 1 aromatic carbocycles. The van der Waals surface area contributed by atoms with Crippen molar-refractivity contribution < 1.29 is 9.53 Å². The molecule has 1 amide bonds. The quantitative estimate of drug-likeness (QED) is 0.865. The Balaban J connectivity index is 1.78. The van der Waals surface area contributed by atoms with E-state index in [9.17, 15) is 4.79 Å². The van der Waals surface area contributed by atoms with E-state index in [-0.39, 0.29) is 12.5 Å². The van der Waals surface area contributed by atoms with Crippen molar-refractivity contribution in [2.24, 2.45) is 0 Å². The number of rotatable bonds is 3. The van der Waals surface area contributed by atoms with E-state index in [1.54, 1.807) is 4.68 Å². The van der Waals surface area contributed by atoms with Crippen LogP contribution in [0.25, 0.3) is 0 Å². The highest BCUT2D eigenvalue weighted by atomic mass is 16.5. The second-order valence-corrected chi connectivity index (χ2v) is 6.43. The number of carbonyl (C=O) groups excluding carboxylic acids is 1. The number of hydrogen-bond acceptors (Lipinski definition) is 4. The molecule has 6 heteroatoms. The van der Waals surface area contributed by atoms with E-state index in [0.717, 1.165) is 28.4 Å². The van der Waals surface area contributed by atoms with Gasteiger partial charge in [-0.3, -0.25) is 9.48 Å². The van der Waals surface area contributed by atoms with Gasteiger partial charge in [-0.2, -0.15) is 5.10 Å². The molecule has 3 rings (SSSR count). The molecule has 0 aliphatic carbocycles. The molecule has 6 nitrogen and oxygen atoms in total. The topological polar surface area (TPSA) is 50.6 Å². The minimum atomic E-state index is 0.0629. The molecule has 1 aromatic heterocycles. The molecule has 0 saturated heterocycles. The minimum Gasteiger partial charge on any atom is -0.491 e. The van der Waals surface area contributed by atoms with Crippen molar-refractivity contribution in [1.29, 1.82) is 0 Å². The van der Waals surface area contributed by atoms with Gasteiger partial charge in [0.05, 0.1) is 12.2 Å². The lowest BCUT2D eigenvalue weighted by Gasteiger charge is -2.21. The van der Waals surface area contributed by atoms with E-state index in [4.69, 9.17) is 4.74 Å². The highest BCUT2D eigenvalue weighted by molar-refractivity contribution is 5.76. The number of hydrogen-bond donors (Lipinski definition) is 0. The summed E-state index contributed by atoms with van der Waals surface area (Å²) < 4.78 is 7.57. The first kappa shape index (κ1) is 16.4. The minimum absolute atomic E-state index is 0.0629. The predicted octanol–water partition coefficient (Wildman–Crippen LogP) is 1.99. The van der Waals surface area contributed by atoms with Crippen LogP contribution in [-0.4, -0.2) is 47.8 Å². The summed E-state index contributed by atoms with van der Waals surface area (Å²) >= 11 is 0. The maximum Gasteiger partial charge on any atom is 0.244 e. The maximum absolute atomic E-state index is 12.7. The van der Waals surface area contributed by atoms with Crippen LogP contribution < -0.4 is 9.64 Å². The molecule has 24 heavy (non-hydrogen) atoms. The summed E-state index contributed by atoms with van der Waals surface area (Å²) in [6.07, 6.45) is 0. The average Bonchev–Trinajstić information content (AvgIpc) is 2.74. The highest BCUT2D eigenvalue weighted by Gasteiger charge is 2.21. The summed E-state index contributed by atoms with van der Waals surface area (Å²) in [4.78, 5) is 16.6. The molecule has 0 unspecified atom stereocenters. The first-order valence-electron chi connectivity index (χ1n) is 8.16. The Morgan fingerprint density at radius 1 is 1.29 bits per heavy atom. The van der Waals surface area contributed by atoms with Gasteiger partial charge >= 0.3 is 0 Å². The smallest absolute Gasteiger partial charge is 0.244 e. The number of anilines is 1. The van der Waals surface area contributed by atoms with Gasteiger partial charge in [-0.15, -0.1) is 0 Å². The van der Waals surface area contributed by atoms with Crippen LogP contribution in [0, 0.1) is 13.8 Å². The molecule has 0 atom stereocenters. The number of amides is 1. The van der Waals surface area contributed by atoms with Gasteiger partial charge in [0.25, 0.3) is 0 Å². The van der Waals surface area contributed by atoms with E-state index < -0.39 is 0 Å². The summed E-state index contributed by atoms with van der Waals surface area (Å²) in [5, 5.41) is 4.38. The van der Waals surface area contributed by atoms with Crippen molar-refractivity contribution in [3.8, 4) is 5.75 Å². The molecule has 0 saturated carbocycles. The third kappa shape index (κ3) is 3.37. The van der Waals surface area contributed by atoms with Gasteiger partial charge in [0.15, 0.2) is 0 Å². The number of fused-ring (bicyclic) bond motifs is 1. The van der Waals surface area contributed by atoms with Gasteiger partial charge in [0, 0.05) is 37.6 Å². The molecule has 2 heterocycles. The zero-order valence-electron chi connectivity index (χ0n) is 14.7. The van der Waals surface area contributed by atoms with Crippen LogP contribution in [0.5, 0.6) is 5.75 Å². The second kappa shape index (κ2) is 6.55. The normalized spacial score (nSPS) is 13.9. The summed E-state index contributed by atoms with van der Waals surface area (Å²) in [7, 11) is 4.01. The lowest BCUT2D eigenvalue weighted by Crippen LogP contribution is -2.35. The monoisotopic (exact) mass is 328 g/mol. The van der Waals surface area contributed by atoms with Crippen LogP contribution in [0.4, 0.5) is 5.69 Å². The number of ether oxygens (including phenoxy) is 1. The van der Waals surface area contributed by atoms with E-state index >= 15 is 0 Å². The predicted molar refractivity (Wildman–Crippen MR) is 93.4 cm³/mol. The number of nitrogens with zero attached hydrogens (tertiary/aromatic N) is 4. The van der Waals surface area contributed by atoms with Gasteiger partial charge in [-0.1, -0.05) is 0 Å². The summed E-state index contributed by atoms with van der Waals surface area (Å²) in [5.41, 5.74) is 4.08. The van der Waals surface area contributed by atoms with Crippen molar-refractivity contribution in [2.75, 3.05) is 32.1 Å². The van der Waals surface area contributed by atoms with Crippen molar-refractivity contribution in [1.82, 2.24) is 14.7 Å². The molecule has 1 aliphatic rings. The standard InChI is InChI=1S/C18H24N4O2/c1-13-9-14(2)22(19-13)12-18(23)21-7-8-24-17-6-5-16(20(3)4)10-15(17)11-21/h5-6,9-10H,7-8,11-12H2,1-4H3. The zero-order valence-corrected chi connectivity index (χ0v) is 14.7. The van der Waals surface area contributed by atoms with Gasteiger partial charge in [0.2, 0.25) is 5.91 Å². The van der Waals surface area contributed by atoms with Crippen molar-refractivity contribution in [3.63, 3.8) is 0 Å². The average molecular weight is 328 g/mol. The molecule has 0 fully saturated rings. The van der Waals surface area contributed by atoms with E-state index in [2.05, 4.69) is 11.2 Å².